The van der Waals surface area contributed by atoms with Gasteiger partial charge in [-0.15, -0.1) is 11.3 Å². The van der Waals surface area contributed by atoms with Crippen molar-refractivity contribution < 1.29 is 17.6 Å². The first-order valence-electron chi connectivity index (χ1n) is 7.69. The number of aromatic nitrogens is 1. The van der Waals surface area contributed by atoms with Crippen molar-refractivity contribution >= 4 is 28.0 Å². The summed E-state index contributed by atoms with van der Waals surface area (Å²) in [6, 6.07) is 4.44. The zero-order valence-electron chi connectivity index (χ0n) is 13.6. The molecule has 0 saturated heterocycles. The quantitative estimate of drug-likeness (QED) is 0.622. The van der Waals surface area contributed by atoms with Crippen molar-refractivity contribution in [3.05, 3.63) is 45.8 Å². The third kappa shape index (κ3) is 3.13. The van der Waals surface area contributed by atoms with E-state index in [1.165, 1.54) is 23.7 Å². The first-order chi connectivity index (χ1) is 11.9. The second kappa shape index (κ2) is 6.51. The molecule has 0 bridgehead atoms. The Labute approximate surface area is 145 Å². The average Bonchev–Trinajstić information content (AvgIpc) is 3.07. The number of hydrogen-bond acceptors (Lipinski definition) is 5. The number of fused-ring (bicyclic) bond motifs is 1. The summed E-state index contributed by atoms with van der Waals surface area (Å²) < 4.78 is 46.4. The van der Waals surface area contributed by atoms with Crippen molar-refractivity contribution in [1.82, 2.24) is 4.98 Å². The zero-order chi connectivity index (χ0) is 18.2. The van der Waals surface area contributed by atoms with Gasteiger partial charge in [0, 0.05) is 41.8 Å². The molecule has 0 spiro atoms. The molecule has 2 aromatic heterocycles. The van der Waals surface area contributed by atoms with Crippen LogP contribution < -0.4 is 10.5 Å². The van der Waals surface area contributed by atoms with E-state index in [0.717, 1.165) is 11.3 Å². The maximum absolute atomic E-state index is 13.7. The number of anilines is 1. The van der Waals surface area contributed by atoms with Gasteiger partial charge in [-0.1, -0.05) is 0 Å². The molecular weight excluding hydrogens is 353 g/mol. The highest BCUT2D eigenvalue weighted by atomic mass is 32.1. The van der Waals surface area contributed by atoms with E-state index >= 15 is 0 Å². The van der Waals surface area contributed by atoms with E-state index in [4.69, 9.17) is 4.42 Å². The Hall–Kier alpha value is -2.35. The molecule has 132 valence electrons. The molecule has 2 heterocycles. The number of rotatable bonds is 4. The van der Waals surface area contributed by atoms with E-state index in [-0.39, 0.29) is 16.0 Å². The van der Waals surface area contributed by atoms with Gasteiger partial charge >= 0.3 is 11.8 Å². The molecule has 0 aliphatic heterocycles. The summed E-state index contributed by atoms with van der Waals surface area (Å²) in [6.07, 6.45) is -3.35. The van der Waals surface area contributed by atoms with Crippen LogP contribution in [0.1, 0.15) is 19.4 Å². The minimum atomic E-state index is -4.70. The maximum Gasteiger partial charge on any atom is 0.418 e. The number of nitrogens with zero attached hydrogens (tertiary/aromatic N) is 2. The first-order valence-corrected chi connectivity index (χ1v) is 8.57. The number of alkyl halides is 3. The second-order valence-electron chi connectivity index (χ2n) is 5.33. The first kappa shape index (κ1) is 17.5. The van der Waals surface area contributed by atoms with Crippen molar-refractivity contribution in [3.8, 4) is 10.6 Å². The zero-order valence-corrected chi connectivity index (χ0v) is 14.4. The van der Waals surface area contributed by atoms with Crippen LogP contribution in [0.15, 0.2) is 39.0 Å². The number of thiazole rings is 1. The van der Waals surface area contributed by atoms with E-state index in [0.29, 0.717) is 18.8 Å². The summed E-state index contributed by atoms with van der Waals surface area (Å²) in [5, 5.41) is 1.37. The van der Waals surface area contributed by atoms with Crippen LogP contribution in [0.3, 0.4) is 0 Å². The molecule has 8 heteroatoms. The van der Waals surface area contributed by atoms with Crippen LogP contribution in [0.2, 0.25) is 0 Å². The number of benzene rings is 1. The summed E-state index contributed by atoms with van der Waals surface area (Å²) in [5.41, 5.74) is -1.95. The van der Waals surface area contributed by atoms with Crippen molar-refractivity contribution in [2.75, 3.05) is 18.0 Å². The Bertz CT molecular complexity index is 945. The molecule has 25 heavy (non-hydrogen) atoms. The Balaban J connectivity index is 2.35. The monoisotopic (exact) mass is 368 g/mol. The van der Waals surface area contributed by atoms with Crippen LogP contribution in [-0.2, 0) is 6.18 Å². The van der Waals surface area contributed by atoms with E-state index in [2.05, 4.69) is 4.98 Å². The molecule has 0 aliphatic rings. The van der Waals surface area contributed by atoms with Gasteiger partial charge in [0.15, 0.2) is 0 Å². The molecule has 4 nitrogen and oxygen atoms in total. The van der Waals surface area contributed by atoms with Crippen LogP contribution >= 0.6 is 11.3 Å². The van der Waals surface area contributed by atoms with Gasteiger partial charge in [0.2, 0.25) is 0 Å². The van der Waals surface area contributed by atoms with Crippen molar-refractivity contribution in [3.63, 3.8) is 0 Å². The van der Waals surface area contributed by atoms with Gasteiger partial charge in [-0.2, -0.15) is 13.2 Å². The van der Waals surface area contributed by atoms with Gasteiger partial charge in [0.25, 0.3) is 0 Å². The molecular formula is C17H15F3N2O2S. The Kier molecular flexibility index (Phi) is 4.55. The molecule has 0 saturated carbocycles. The second-order valence-corrected chi connectivity index (χ2v) is 6.22. The molecule has 0 aliphatic carbocycles. The van der Waals surface area contributed by atoms with Gasteiger partial charge < -0.3 is 9.32 Å². The molecule has 0 fully saturated rings. The molecule has 0 unspecified atom stereocenters. The topological polar surface area (TPSA) is 46.3 Å². The molecule has 3 rings (SSSR count). The fraction of sp³-hybridized carbons (Fsp3) is 0.294. The van der Waals surface area contributed by atoms with Crippen molar-refractivity contribution in [2.24, 2.45) is 0 Å². The lowest BCUT2D eigenvalue weighted by Crippen LogP contribution is -2.22. The normalized spacial score (nSPS) is 11.9. The third-order valence-electron chi connectivity index (χ3n) is 3.95. The van der Waals surface area contributed by atoms with Gasteiger partial charge in [-0.25, -0.2) is 9.78 Å². The molecule has 1 aromatic carbocycles. The minimum absolute atomic E-state index is 0.00389. The van der Waals surface area contributed by atoms with Crippen LogP contribution in [0.25, 0.3) is 21.5 Å². The summed E-state index contributed by atoms with van der Waals surface area (Å²) in [5.74, 6) is 0. The lowest BCUT2D eigenvalue weighted by atomic mass is 10.0. The van der Waals surface area contributed by atoms with Crippen LogP contribution in [-0.4, -0.2) is 18.1 Å². The predicted molar refractivity (Wildman–Crippen MR) is 92.2 cm³/mol. The SMILES string of the molecule is CCN(CC)c1ccc2c(C(F)(F)F)c(-c3nccs3)c(=O)oc2c1. The summed E-state index contributed by atoms with van der Waals surface area (Å²) in [6.45, 7) is 5.26. The van der Waals surface area contributed by atoms with Crippen molar-refractivity contribution in [1.29, 1.82) is 0 Å². The number of halogens is 3. The van der Waals surface area contributed by atoms with Gasteiger partial charge in [-0.05, 0) is 26.0 Å². The standard InChI is InChI=1S/C17H15F3N2O2S/c1-3-22(4-2)10-5-6-11-12(9-10)24-16(23)13(14(11)17(18,19)20)15-21-7-8-25-15/h5-9H,3-4H2,1-2H3. The largest absolute Gasteiger partial charge is 0.422 e. The van der Waals surface area contributed by atoms with E-state index in [1.54, 1.807) is 6.07 Å². The van der Waals surface area contributed by atoms with Crippen LogP contribution in [0.4, 0.5) is 18.9 Å². The third-order valence-corrected chi connectivity index (χ3v) is 4.74. The predicted octanol–water partition coefficient (Wildman–Crippen LogP) is 4.78. The van der Waals surface area contributed by atoms with E-state index in [9.17, 15) is 18.0 Å². The Morgan fingerprint density at radius 2 is 1.96 bits per heavy atom. The highest BCUT2D eigenvalue weighted by Crippen LogP contribution is 2.41. The van der Waals surface area contributed by atoms with Crippen LogP contribution in [0.5, 0.6) is 0 Å². The average molecular weight is 368 g/mol. The van der Waals surface area contributed by atoms with Crippen molar-refractivity contribution in [2.45, 2.75) is 20.0 Å². The molecule has 3 aromatic rings. The lowest BCUT2D eigenvalue weighted by Gasteiger charge is -2.21. The fourth-order valence-corrected chi connectivity index (χ4v) is 3.49. The smallest absolute Gasteiger partial charge is 0.418 e. The summed E-state index contributed by atoms with van der Waals surface area (Å²) >= 11 is 0.965. The lowest BCUT2D eigenvalue weighted by molar-refractivity contribution is -0.136. The number of hydrogen-bond donors (Lipinski definition) is 0. The Morgan fingerprint density at radius 1 is 1.24 bits per heavy atom. The van der Waals surface area contributed by atoms with Gasteiger partial charge in [0.05, 0.1) is 5.56 Å². The van der Waals surface area contributed by atoms with Gasteiger partial charge in [-0.3, -0.25) is 0 Å². The van der Waals surface area contributed by atoms with Crippen LogP contribution in [0, 0.1) is 0 Å². The maximum atomic E-state index is 13.7. The summed E-state index contributed by atoms with van der Waals surface area (Å²) in [4.78, 5) is 18.1. The molecule has 0 radical (unpaired) electrons. The highest BCUT2D eigenvalue weighted by molar-refractivity contribution is 7.13. The summed E-state index contributed by atoms with van der Waals surface area (Å²) in [7, 11) is 0. The van der Waals surface area contributed by atoms with Gasteiger partial charge in [0.1, 0.15) is 16.2 Å². The van der Waals surface area contributed by atoms with E-state index in [1.807, 2.05) is 18.7 Å². The Morgan fingerprint density at radius 3 is 2.52 bits per heavy atom. The minimum Gasteiger partial charge on any atom is -0.422 e. The van der Waals surface area contributed by atoms with E-state index < -0.39 is 22.9 Å². The fourth-order valence-electron chi connectivity index (χ4n) is 2.81. The highest BCUT2D eigenvalue weighted by Gasteiger charge is 2.39. The molecule has 0 N–H and O–H groups in total. The molecule has 0 atom stereocenters. The molecule has 0 amide bonds.